The molecule has 1 rings (SSSR count). The number of hydrogen-bond acceptors (Lipinski definition) is 2. The van der Waals surface area contributed by atoms with Crippen molar-refractivity contribution >= 4 is 11.6 Å². The van der Waals surface area contributed by atoms with Crippen LogP contribution in [0.1, 0.15) is 0 Å². The van der Waals surface area contributed by atoms with Gasteiger partial charge in [-0.1, -0.05) is 11.8 Å². The van der Waals surface area contributed by atoms with Gasteiger partial charge in [0.05, 0.1) is 5.88 Å². The fourth-order valence-electron chi connectivity index (χ4n) is 0.760. The zero-order chi connectivity index (χ0) is 9.52. The number of halogens is 1. The number of hydrogen-bond donors (Lipinski definition) is 1. The molecule has 0 amide bonds. The maximum atomic E-state index is 8.97. The average molecular weight is 197 g/mol. The van der Waals surface area contributed by atoms with Crippen LogP contribution >= 0.6 is 11.6 Å². The molecule has 0 aliphatic heterocycles. The van der Waals surface area contributed by atoms with Crippen molar-refractivity contribution in [3.8, 4) is 23.3 Å². The lowest BCUT2D eigenvalue weighted by molar-refractivity contribution is 0.369. The molecule has 68 valence electrons. The SMILES string of the molecule is Oc1ccc(OCC#CCCl)cc1. The Labute approximate surface area is 82.1 Å². The Bertz CT molecular complexity index is 308. The first kappa shape index (κ1) is 9.76. The highest BCUT2D eigenvalue weighted by Gasteiger charge is 1.90. The lowest BCUT2D eigenvalue weighted by Gasteiger charge is -2.00. The fraction of sp³-hybridized carbons (Fsp3) is 0.200. The van der Waals surface area contributed by atoms with E-state index < -0.39 is 0 Å². The molecule has 0 fully saturated rings. The van der Waals surface area contributed by atoms with Crippen molar-refractivity contribution in [1.29, 1.82) is 0 Å². The van der Waals surface area contributed by atoms with E-state index in [0.717, 1.165) is 0 Å². The first-order valence-electron chi connectivity index (χ1n) is 3.76. The van der Waals surface area contributed by atoms with Gasteiger partial charge in [-0.3, -0.25) is 0 Å². The fourth-order valence-corrected chi connectivity index (χ4v) is 0.855. The summed E-state index contributed by atoms with van der Waals surface area (Å²) in [5, 5.41) is 8.97. The van der Waals surface area contributed by atoms with Gasteiger partial charge < -0.3 is 9.84 Å². The van der Waals surface area contributed by atoms with Crippen LogP contribution in [0.5, 0.6) is 11.5 Å². The number of rotatable bonds is 2. The van der Waals surface area contributed by atoms with Crippen molar-refractivity contribution in [3.63, 3.8) is 0 Å². The monoisotopic (exact) mass is 196 g/mol. The van der Waals surface area contributed by atoms with E-state index in [1.807, 2.05) is 0 Å². The summed E-state index contributed by atoms with van der Waals surface area (Å²) in [6.07, 6.45) is 0. The Morgan fingerprint density at radius 3 is 2.54 bits per heavy atom. The van der Waals surface area contributed by atoms with Gasteiger partial charge in [-0.15, -0.1) is 11.6 Å². The molecule has 1 N–H and O–H groups in total. The van der Waals surface area contributed by atoms with Crippen molar-refractivity contribution in [2.45, 2.75) is 0 Å². The van der Waals surface area contributed by atoms with Crippen LogP contribution in [0.25, 0.3) is 0 Å². The van der Waals surface area contributed by atoms with E-state index in [2.05, 4.69) is 11.8 Å². The van der Waals surface area contributed by atoms with E-state index in [9.17, 15) is 0 Å². The molecule has 2 nitrogen and oxygen atoms in total. The molecule has 0 saturated heterocycles. The summed E-state index contributed by atoms with van der Waals surface area (Å²) in [6, 6.07) is 6.48. The molecule has 1 aromatic carbocycles. The Balaban J connectivity index is 2.41. The van der Waals surface area contributed by atoms with Gasteiger partial charge in [-0.25, -0.2) is 0 Å². The van der Waals surface area contributed by atoms with E-state index in [0.29, 0.717) is 18.2 Å². The maximum absolute atomic E-state index is 8.97. The van der Waals surface area contributed by atoms with Crippen LogP contribution in [-0.2, 0) is 0 Å². The van der Waals surface area contributed by atoms with E-state index in [1.165, 1.54) is 0 Å². The smallest absolute Gasteiger partial charge is 0.149 e. The number of phenols is 1. The molecule has 0 aliphatic carbocycles. The summed E-state index contributed by atoms with van der Waals surface area (Å²) in [5.74, 6) is 6.62. The van der Waals surface area contributed by atoms with Crippen LogP contribution in [-0.4, -0.2) is 17.6 Å². The maximum Gasteiger partial charge on any atom is 0.149 e. The lowest BCUT2D eigenvalue weighted by Crippen LogP contribution is -1.93. The average Bonchev–Trinajstić information content (AvgIpc) is 2.15. The minimum atomic E-state index is 0.221. The van der Waals surface area contributed by atoms with Crippen molar-refractivity contribution in [2.75, 3.05) is 12.5 Å². The van der Waals surface area contributed by atoms with Crippen LogP contribution in [0.3, 0.4) is 0 Å². The number of ether oxygens (including phenoxy) is 1. The zero-order valence-corrected chi connectivity index (χ0v) is 7.71. The van der Waals surface area contributed by atoms with E-state index in [1.54, 1.807) is 24.3 Å². The molecule has 13 heavy (non-hydrogen) atoms. The normalized spacial score (nSPS) is 8.69. The predicted molar refractivity (Wildman–Crippen MR) is 52.1 cm³/mol. The molecule has 0 heterocycles. The second-order valence-corrected chi connectivity index (χ2v) is 2.54. The summed E-state index contributed by atoms with van der Waals surface area (Å²) < 4.78 is 5.22. The first-order chi connectivity index (χ1) is 6.33. The van der Waals surface area contributed by atoms with Crippen LogP contribution in [0.15, 0.2) is 24.3 Å². The molecular weight excluding hydrogens is 188 g/mol. The number of phenolic OH excluding ortho intramolecular Hbond substituents is 1. The molecule has 0 aromatic heterocycles. The topological polar surface area (TPSA) is 29.5 Å². The molecule has 0 spiro atoms. The molecule has 0 atom stereocenters. The standard InChI is InChI=1S/C10H9ClO2/c11-7-1-2-8-13-10-5-3-9(12)4-6-10/h3-6,12H,7-8H2. The van der Waals surface area contributed by atoms with Gasteiger partial charge in [0.2, 0.25) is 0 Å². The largest absolute Gasteiger partial charge is 0.508 e. The van der Waals surface area contributed by atoms with Crippen LogP contribution in [0.4, 0.5) is 0 Å². The Hall–Kier alpha value is -1.33. The molecule has 0 saturated carbocycles. The Morgan fingerprint density at radius 1 is 1.23 bits per heavy atom. The molecular formula is C10H9ClO2. The minimum absolute atomic E-state index is 0.221. The summed E-state index contributed by atoms with van der Waals surface area (Å²) in [7, 11) is 0. The van der Waals surface area contributed by atoms with Gasteiger partial charge in [-0.2, -0.15) is 0 Å². The summed E-state index contributed by atoms with van der Waals surface area (Å²) >= 11 is 5.34. The zero-order valence-electron chi connectivity index (χ0n) is 6.96. The van der Waals surface area contributed by atoms with E-state index in [4.69, 9.17) is 21.4 Å². The van der Waals surface area contributed by atoms with Crippen molar-refractivity contribution in [2.24, 2.45) is 0 Å². The van der Waals surface area contributed by atoms with Gasteiger partial charge in [0.25, 0.3) is 0 Å². The van der Waals surface area contributed by atoms with Crippen molar-refractivity contribution in [1.82, 2.24) is 0 Å². The highest BCUT2D eigenvalue weighted by molar-refractivity contribution is 6.19. The minimum Gasteiger partial charge on any atom is -0.508 e. The summed E-state index contributed by atoms with van der Waals surface area (Å²) in [6.45, 7) is 0.317. The third kappa shape index (κ3) is 3.73. The van der Waals surface area contributed by atoms with E-state index >= 15 is 0 Å². The van der Waals surface area contributed by atoms with Gasteiger partial charge >= 0.3 is 0 Å². The number of alkyl halides is 1. The van der Waals surface area contributed by atoms with Gasteiger partial charge in [-0.05, 0) is 24.3 Å². The third-order valence-electron chi connectivity index (χ3n) is 1.34. The summed E-state index contributed by atoms with van der Waals surface area (Å²) in [5.41, 5.74) is 0. The van der Waals surface area contributed by atoms with Gasteiger partial charge in [0, 0.05) is 0 Å². The lowest BCUT2D eigenvalue weighted by atomic mass is 10.3. The summed E-state index contributed by atoms with van der Waals surface area (Å²) in [4.78, 5) is 0. The Kier molecular flexibility index (Phi) is 4.01. The van der Waals surface area contributed by atoms with Crippen molar-refractivity contribution < 1.29 is 9.84 Å². The molecule has 0 aliphatic rings. The van der Waals surface area contributed by atoms with Crippen LogP contribution < -0.4 is 4.74 Å². The second kappa shape index (κ2) is 5.34. The molecule has 3 heteroatoms. The second-order valence-electron chi connectivity index (χ2n) is 2.27. The van der Waals surface area contributed by atoms with E-state index in [-0.39, 0.29) is 5.75 Å². The molecule has 0 radical (unpaired) electrons. The third-order valence-corrected chi connectivity index (χ3v) is 1.47. The number of aromatic hydroxyl groups is 1. The van der Waals surface area contributed by atoms with Gasteiger partial charge in [0.15, 0.2) is 0 Å². The van der Waals surface area contributed by atoms with Crippen molar-refractivity contribution in [3.05, 3.63) is 24.3 Å². The Morgan fingerprint density at radius 2 is 1.92 bits per heavy atom. The quantitative estimate of drug-likeness (QED) is 0.579. The molecule has 0 bridgehead atoms. The first-order valence-corrected chi connectivity index (χ1v) is 4.30. The highest BCUT2D eigenvalue weighted by atomic mass is 35.5. The number of benzene rings is 1. The highest BCUT2D eigenvalue weighted by Crippen LogP contribution is 2.15. The molecule has 0 unspecified atom stereocenters. The van der Waals surface area contributed by atoms with Crippen LogP contribution in [0, 0.1) is 11.8 Å². The van der Waals surface area contributed by atoms with Gasteiger partial charge in [0.1, 0.15) is 18.1 Å². The predicted octanol–water partition coefficient (Wildman–Crippen LogP) is 2.01. The van der Waals surface area contributed by atoms with Crippen LogP contribution in [0.2, 0.25) is 0 Å². The molecule has 1 aromatic rings.